The molecule has 5 amide bonds. The first-order chi connectivity index (χ1) is 23.0. The average Bonchev–Trinajstić information content (AvgIpc) is 3.34. The molecule has 49 heavy (non-hydrogen) atoms. The maximum Gasteiger partial charge on any atom is 0.329 e. The highest BCUT2D eigenvalue weighted by atomic mass is 35.5. The Hall–Kier alpha value is -4.15. The summed E-state index contributed by atoms with van der Waals surface area (Å²) in [7, 11) is 1.66. The number of nitrogens with zero attached hydrogens (tertiary/aromatic N) is 3. The van der Waals surface area contributed by atoms with Gasteiger partial charge in [-0.2, -0.15) is 0 Å². The zero-order valence-corrected chi connectivity index (χ0v) is 28.9. The largest absolute Gasteiger partial charge is 0.370 e. The van der Waals surface area contributed by atoms with E-state index in [2.05, 4.69) is 22.5 Å². The van der Waals surface area contributed by atoms with E-state index in [0.29, 0.717) is 42.0 Å². The number of carbonyl (C=O) groups is 5. The lowest BCUT2D eigenvalue weighted by Gasteiger charge is -2.38. The van der Waals surface area contributed by atoms with Gasteiger partial charge in [0.2, 0.25) is 29.5 Å². The number of amides is 5. The number of para-hydroxylation sites is 1. The number of carbonyl (C=O) groups excluding carboxylic acids is 5. The summed E-state index contributed by atoms with van der Waals surface area (Å²) >= 11 is 0. The number of aromatic nitrogens is 2. The third-order valence-electron chi connectivity index (χ3n) is 10.2. The van der Waals surface area contributed by atoms with Crippen molar-refractivity contribution in [2.24, 2.45) is 30.4 Å². The summed E-state index contributed by atoms with van der Waals surface area (Å²) in [5.74, 6) is 5.18. The van der Waals surface area contributed by atoms with Gasteiger partial charge >= 0.3 is 5.69 Å². The van der Waals surface area contributed by atoms with Gasteiger partial charge in [0.1, 0.15) is 12.1 Å². The third-order valence-corrected chi connectivity index (χ3v) is 10.2. The topological polar surface area (TPSA) is 192 Å². The van der Waals surface area contributed by atoms with Crippen LogP contribution in [0.5, 0.6) is 0 Å². The Morgan fingerprint density at radius 3 is 2.43 bits per heavy atom. The number of imidazole rings is 1. The molecule has 6 N–H and O–H groups in total. The zero-order valence-electron chi connectivity index (χ0n) is 28.1. The van der Waals surface area contributed by atoms with E-state index < -0.39 is 35.8 Å². The standard InChI is InChI=1S/C35H47N7O6.ClH/c1-40-31-24(12-7-13-26(31)42(35(40)48)27-15-17-29(44)38-33(27)46)11-6-5-8-22-18-20-41(21-19-22)34(47)30(23-9-3-2-4-10-23)39-32(45)25(36)14-16-28(37)43;/h7,12-13,22-23,25,27,30H,2-5,8-10,14-21,36H2,1H3,(H2,37,43)(H,39,45)(H,38,44,46);1H/t25-,27?,30-;/m0./s1. The summed E-state index contributed by atoms with van der Waals surface area (Å²) in [6, 6.07) is 3.20. The van der Waals surface area contributed by atoms with E-state index in [1.807, 2.05) is 17.0 Å². The fourth-order valence-corrected chi connectivity index (χ4v) is 7.38. The van der Waals surface area contributed by atoms with Gasteiger partial charge in [0.15, 0.2) is 0 Å². The Balaban J connectivity index is 0.00000541. The summed E-state index contributed by atoms with van der Waals surface area (Å²) < 4.78 is 2.97. The van der Waals surface area contributed by atoms with Crippen LogP contribution in [0.25, 0.3) is 11.0 Å². The molecule has 1 aromatic heterocycles. The molecule has 0 radical (unpaired) electrons. The fourth-order valence-electron chi connectivity index (χ4n) is 7.38. The zero-order chi connectivity index (χ0) is 34.4. The molecule has 0 spiro atoms. The highest BCUT2D eigenvalue weighted by Gasteiger charge is 2.36. The fraction of sp³-hybridized carbons (Fsp3) is 0.600. The number of aryl methyl sites for hydroxylation is 1. The van der Waals surface area contributed by atoms with Crippen LogP contribution in [0.15, 0.2) is 23.0 Å². The maximum atomic E-state index is 13.8. The monoisotopic (exact) mass is 697 g/mol. The van der Waals surface area contributed by atoms with Crippen LogP contribution in [-0.2, 0) is 31.0 Å². The van der Waals surface area contributed by atoms with Gasteiger partial charge in [0.25, 0.3) is 0 Å². The summed E-state index contributed by atoms with van der Waals surface area (Å²) in [4.78, 5) is 77.0. The number of nitrogens with two attached hydrogens (primary N) is 2. The SMILES string of the molecule is Cl.Cn1c(=O)n(C2CCC(=O)NC2=O)c2cccc(C#CCCC3CCN(C(=O)[C@@H](NC(=O)[C@@H](N)CCC(N)=O)C4CCCCC4)CC3)c21. The van der Waals surface area contributed by atoms with Gasteiger partial charge < -0.3 is 21.7 Å². The predicted octanol–water partition coefficient (Wildman–Crippen LogP) is 1.77. The second-order valence-electron chi connectivity index (χ2n) is 13.5. The van der Waals surface area contributed by atoms with Gasteiger partial charge in [-0.1, -0.05) is 37.2 Å². The Kier molecular flexibility index (Phi) is 13.1. The molecule has 3 aliphatic rings. The molecule has 14 heteroatoms. The molecule has 266 valence electrons. The normalized spacial score (nSPS) is 20.0. The van der Waals surface area contributed by atoms with Crippen LogP contribution in [0.1, 0.15) is 95.1 Å². The van der Waals surface area contributed by atoms with E-state index in [0.717, 1.165) is 51.4 Å². The Labute approximate surface area is 292 Å². The van der Waals surface area contributed by atoms with E-state index in [-0.39, 0.29) is 61.5 Å². The number of rotatable bonds is 10. The van der Waals surface area contributed by atoms with Gasteiger partial charge in [0, 0.05) is 39.4 Å². The Morgan fingerprint density at radius 2 is 1.76 bits per heavy atom. The summed E-state index contributed by atoms with van der Waals surface area (Å²) in [5, 5.41) is 5.27. The van der Waals surface area contributed by atoms with Crippen LogP contribution < -0.4 is 27.8 Å². The molecule has 2 aromatic rings. The van der Waals surface area contributed by atoms with Crippen LogP contribution in [0.3, 0.4) is 0 Å². The number of halogens is 1. The van der Waals surface area contributed by atoms with Crippen molar-refractivity contribution in [1.29, 1.82) is 0 Å². The van der Waals surface area contributed by atoms with Crippen LogP contribution in [0.2, 0.25) is 0 Å². The van der Waals surface area contributed by atoms with Gasteiger partial charge in [-0.25, -0.2) is 4.79 Å². The van der Waals surface area contributed by atoms with Crippen LogP contribution in [0, 0.1) is 23.7 Å². The van der Waals surface area contributed by atoms with Crippen molar-refractivity contribution >= 4 is 53.0 Å². The van der Waals surface area contributed by atoms with E-state index in [1.54, 1.807) is 13.1 Å². The molecule has 5 rings (SSSR count). The van der Waals surface area contributed by atoms with Crippen molar-refractivity contribution in [3.63, 3.8) is 0 Å². The summed E-state index contributed by atoms with van der Waals surface area (Å²) in [5.41, 5.74) is 12.9. The number of piperidine rings is 2. The minimum Gasteiger partial charge on any atom is -0.370 e. The van der Waals surface area contributed by atoms with Crippen molar-refractivity contribution in [2.45, 2.75) is 102 Å². The molecule has 2 saturated heterocycles. The number of likely N-dealkylation sites (tertiary alicyclic amines) is 1. The number of primary amides is 1. The molecule has 0 bridgehead atoms. The molecule has 13 nitrogen and oxygen atoms in total. The summed E-state index contributed by atoms with van der Waals surface area (Å²) in [6.45, 7) is 1.22. The highest BCUT2D eigenvalue weighted by molar-refractivity contribution is 6.00. The minimum absolute atomic E-state index is 0. The van der Waals surface area contributed by atoms with E-state index in [9.17, 15) is 28.8 Å². The first-order valence-electron chi connectivity index (χ1n) is 17.2. The maximum absolute atomic E-state index is 13.8. The molecule has 1 aliphatic carbocycles. The van der Waals surface area contributed by atoms with Crippen molar-refractivity contribution in [1.82, 2.24) is 24.7 Å². The second kappa shape index (κ2) is 17.0. The van der Waals surface area contributed by atoms with Gasteiger partial charge in [-0.15, -0.1) is 12.4 Å². The molecule has 3 heterocycles. The lowest BCUT2D eigenvalue weighted by atomic mass is 9.82. The number of nitrogens with one attached hydrogen (secondary N) is 2. The number of benzene rings is 1. The van der Waals surface area contributed by atoms with Crippen molar-refractivity contribution in [2.75, 3.05) is 13.1 Å². The van der Waals surface area contributed by atoms with Crippen molar-refractivity contribution in [3.8, 4) is 11.8 Å². The summed E-state index contributed by atoms with van der Waals surface area (Å²) in [6.07, 6.45) is 8.76. The molecule has 1 saturated carbocycles. The lowest BCUT2D eigenvalue weighted by Crippen LogP contribution is -2.57. The van der Waals surface area contributed by atoms with Crippen molar-refractivity contribution in [3.05, 3.63) is 34.2 Å². The third kappa shape index (κ3) is 8.91. The molecular formula is C35H48ClN7O6. The number of hydrogen-bond donors (Lipinski definition) is 4. The Bertz CT molecular complexity index is 1680. The smallest absolute Gasteiger partial charge is 0.329 e. The van der Waals surface area contributed by atoms with Crippen LogP contribution in [0.4, 0.5) is 0 Å². The first kappa shape index (κ1) is 37.7. The molecule has 1 unspecified atom stereocenters. The molecule has 3 atom stereocenters. The predicted molar refractivity (Wildman–Crippen MR) is 186 cm³/mol. The number of fused-ring (bicyclic) bond motifs is 1. The van der Waals surface area contributed by atoms with E-state index in [1.165, 1.54) is 9.13 Å². The number of imide groups is 1. The molecule has 3 fully saturated rings. The van der Waals surface area contributed by atoms with Gasteiger partial charge in [-0.3, -0.25) is 38.4 Å². The average molecular weight is 698 g/mol. The molecular weight excluding hydrogens is 650 g/mol. The van der Waals surface area contributed by atoms with E-state index in [4.69, 9.17) is 11.5 Å². The van der Waals surface area contributed by atoms with Crippen LogP contribution in [-0.4, -0.2) is 68.7 Å². The lowest BCUT2D eigenvalue weighted by molar-refractivity contribution is -0.140. The molecule has 1 aromatic carbocycles. The molecule has 2 aliphatic heterocycles. The van der Waals surface area contributed by atoms with E-state index >= 15 is 0 Å². The Morgan fingerprint density at radius 1 is 1.04 bits per heavy atom. The van der Waals surface area contributed by atoms with Gasteiger partial charge in [-0.05, 0) is 68.9 Å². The highest BCUT2D eigenvalue weighted by Crippen LogP contribution is 2.30. The van der Waals surface area contributed by atoms with Crippen LogP contribution >= 0.6 is 12.4 Å². The number of hydrogen-bond acceptors (Lipinski definition) is 7. The van der Waals surface area contributed by atoms with Gasteiger partial charge in [0.05, 0.1) is 22.6 Å². The second-order valence-corrected chi connectivity index (χ2v) is 13.5. The minimum atomic E-state index is -0.898. The quantitative estimate of drug-likeness (QED) is 0.215. The first-order valence-corrected chi connectivity index (χ1v) is 17.2. The van der Waals surface area contributed by atoms with Crippen molar-refractivity contribution < 1.29 is 24.0 Å².